The summed E-state index contributed by atoms with van der Waals surface area (Å²) in [5.74, 6) is 0. The van der Waals surface area contributed by atoms with E-state index < -0.39 is 0 Å². The Bertz CT molecular complexity index is 2300. The summed E-state index contributed by atoms with van der Waals surface area (Å²) in [6.45, 7) is 4.16. The normalized spacial score (nSPS) is 13.0. The fourth-order valence-corrected chi connectivity index (χ4v) is 5.89. The maximum atomic E-state index is 6.56. The molecule has 0 bridgehead atoms. The maximum Gasteiger partial charge on any atom is 0.178 e. The fraction of sp³-hybridized carbons (Fsp3) is 0.0698. The molecule has 0 atom stereocenters. The van der Waals surface area contributed by atoms with Crippen molar-refractivity contribution >= 4 is 49.5 Å². The summed E-state index contributed by atoms with van der Waals surface area (Å²) in [6.07, 6.45) is 19.8. The van der Waals surface area contributed by atoms with Crippen LogP contribution in [0.5, 0.6) is 0 Å². The highest BCUT2D eigenvalue weighted by Crippen LogP contribution is 2.40. The highest BCUT2D eigenvalue weighted by molar-refractivity contribution is 6.19. The lowest BCUT2D eigenvalue weighted by Gasteiger charge is -2.06. The second kappa shape index (κ2) is 12.6. The van der Waals surface area contributed by atoms with Crippen LogP contribution in [0.4, 0.5) is 0 Å². The van der Waals surface area contributed by atoms with Gasteiger partial charge in [-0.3, -0.25) is 0 Å². The first kappa shape index (κ1) is 28.2. The Morgan fingerprint density at radius 3 is 1.93 bits per heavy atom. The molecule has 0 spiro atoms. The highest BCUT2D eigenvalue weighted by Gasteiger charge is 2.17. The summed E-state index contributed by atoms with van der Waals surface area (Å²) in [6, 6.07) is 36.4. The second-order valence-electron chi connectivity index (χ2n) is 11.1. The summed E-state index contributed by atoms with van der Waals surface area (Å²) in [5.41, 5.74) is 10.1. The van der Waals surface area contributed by atoms with Gasteiger partial charge >= 0.3 is 0 Å². The van der Waals surface area contributed by atoms with Crippen LogP contribution in [0.15, 0.2) is 167 Å². The number of hydrogen-bond donors (Lipinski definition) is 0. The molecule has 0 amide bonds. The van der Waals surface area contributed by atoms with E-state index in [1.165, 1.54) is 11.1 Å². The molecular weight excluding hydrogens is 548 g/mol. The van der Waals surface area contributed by atoms with Crippen LogP contribution in [0.25, 0.3) is 71.7 Å². The Morgan fingerprint density at radius 1 is 0.556 bits per heavy atom. The predicted octanol–water partition coefficient (Wildman–Crippen LogP) is 12.9. The van der Waals surface area contributed by atoms with Crippen molar-refractivity contribution in [3.8, 4) is 22.3 Å². The maximum absolute atomic E-state index is 6.56. The van der Waals surface area contributed by atoms with Gasteiger partial charge in [0.2, 0.25) is 0 Å². The molecular formula is C43H34O2. The first-order valence-electron chi connectivity index (χ1n) is 15.5. The number of hydrogen-bond acceptors (Lipinski definition) is 2. The molecule has 2 heterocycles. The molecule has 0 aliphatic rings. The van der Waals surface area contributed by atoms with E-state index in [9.17, 15) is 0 Å². The van der Waals surface area contributed by atoms with Crippen LogP contribution in [0.2, 0.25) is 0 Å². The summed E-state index contributed by atoms with van der Waals surface area (Å²) < 4.78 is 13.1. The van der Waals surface area contributed by atoms with Gasteiger partial charge in [-0.25, -0.2) is 0 Å². The minimum Gasteiger partial charge on any atom is -0.452 e. The van der Waals surface area contributed by atoms with Gasteiger partial charge in [0.15, 0.2) is 11.2 Å². The van der Waals surface area contributed by atoms with Crippen LogP contribution in [0, 0.1) is 0 Å². The first-order valence-corrected chi connectivity index (χ1v) is 15.5. The quantitative estimate of drug-likeness (QED) is 0.167. The molecule has 0 saturated heterocycles. The number of furan rings is 2. The summed E-state index contributed by atoms with van der Waals surface area (Å²) in [5, 5.41) is 4.27. The Morgan fingerprint density at radius 2 is 1.20 bits per heavy atom. The minimum absolute atomic E-state index is 0.781. The second-order valence-corrected chi connectivity index (χ2v) is 11.1. The lowest BCUT2D eigenvalue weighted by Crippen LogP contribution is -1.81. The van der Waals surface area contributed by atoms with E-state index in [-0.39, 0.29) is 0 Å². The molecule has 0 aliphatic heterocycles. The number of fused-ring (bicyclic) bond motifs is 7. The average Bonchev–Trinajstić information content (AvgIpc) is 3.65. The number of allylic oxidation sites excluding steroid dienone is 10. The Hall–Kier alpha value is -5.60. The standard InChI is InChI=1S/C43H34O2/c1-3-5-7-8-11-16-31(15-10-6-4-2)34-21-23-36-38-25-26-39-37-24-22-35(29-41(37)45-43(39)42(38)44-40(36)28-34)33-20-14-19-32(27-33)30-17-12-9-13-18-30/h4-29H,3H2,1-2H3/b6-4+,7-5-,11-8-,15-10+,31-16+. The molecule has 0 radical (unpaired) electrons. The first-order chi connectivity index (χ1) is 22.2. The molecule has 5 aromatic carbocycles. The van der Waals surface area contributed by atoms with Crippen LogP contribution in [-0.2, 0) is 0 Å². The molecule has 45 heavy (non-hydrogen) atoms. The zero-order valence-electron chi connectivity index (χ0n) is 25.5. The van der Waals surface area contributed by atoms with Crippen LogP contribution in [0.1, 0.15) is 25.8 Å². The van der Waals surface area contributed by atoms with Gasteiger partial charge in [-0.1, -0.05) is 122 Å². The van der Waals surface area contributed by atoms with E-state index in [0.717, 1.165) is 72.6 Å². The van der Waals surface area contributed by atoms with Gasteiger partial charge in [-0.2, -0.15) is 0 Å². The van der Waals surface area contributed by atoms with Crippen LogP contribution >= 0.6 is 0 Å². The van der Waals surface area contributed by atoms with Crippen molar-refractivity contribution in [2.24, 2.45) is 0 Å². The lowest BCUT2D eigenvalue weighted by atomic mass is 9.98. The molecule has 7 rings (SSSR count). The molecule has 2 heteroatoms. The zero-order chi connectivity index (χ0) is 30.6. The van der Waals surface area contributed by atoms with E-state index >= 15 is 0 Å². The van der Waals surface area contributed by atoms with E-state index in [4.69, 9.17) is 8.83 Å². The topological polar surface area (TPSA) is 26.3 Å². The van der Waals surface area contributed by atoms with Crippen molar-refractivity contribution in [3.63, 3.8) is 0 Å². The highest BCUT2D eigenvalue weighted by atomic mass is 16.4. The van der Waals surface area contributed by atoms with Crippen LogP contribution in [-0.4, -0.2) is 0 Å². The van der Waals surface area contributed by atoms with E-state index in [1.54, 1.807) is 0 Å². The van der Waals surface area contributed by atoms with Gasteiger partial charge < -0.3 is 8.83 Å². The van der Waals surface area contributed by atoms with Crippen molar-refractivity contribution in [1.29, 1.82) is 0 Å². The van der Waals surface area contributed by atoms with E-state index in [2.05, 4.69) is 147 Å². The fourth-order valence-electron chi connectivity index (χ4n) is 5.89. The minimum atomic E-state index is 0.781. The lowest BCUT2D eigenvalue weighted by molar-refractivity contribution is 0.633. The summed E-state index contributed by atoms with van der Waals surface area (Å²) in [7, 11) is 0. The Balaban J connectivity index is 1.30. The third-order valence-electron chi connectivity index (χ3n) is 8.17. The molecule has 0 fully saturated rings. The van der Waals surface area contributed by atoms with Crippen molar-refractivity contribution in [1.82, 2.24) is 0 Å². The Kier molecular flexibility index (Phi) is 7.87. The monoisotopic (exact) mass is 582 g/mol. The third kappa shape index (κ3) is 5.59. The van der Waals surface area contributed by atoms with Crippen LogP contribution < -0.4 is 0 Å². The molecule has 0 aliphatic carbocycles. The zero-order valence-corrected chi connectivity index (χ0v) is 25.5. The van der Waals surface area contributed by atoms with Crippen molar-refractivity contribution in [3.05, 3.63) is 163 Å². The van der Waals surface area contributed by atoms with Crippen LogP contribution in [0.3, 0.4) is 0 Å². The van der Waals surface area contributed by atoms with E-state index in [0.29, 0.717) is 0 Å². The molecule has 7 aromatic rings. The van der Waals surface area contributed by atoms with Crippen molar-refractivity contribution in [2.75, 3.05) is 0 Å². The number of benzene rings is 5. The Labute approximate surface area is 263 Å². The molecule has 0 saturated carbocycles. The van der Waals surface area contributed by atoms with Crippen molar-refractivity contribution < 1.29 is 8.83 Å². The van der Waals surface area contributed by atoms with Gasteiger partial charge in [0, 0.05) is 21.5 Å². The van der Waals surface area contributed by atoms with Crippen molar-refractivity contribution in [2.45, 2.75) is 20.3 Å². The third-order valence-corrected chi connectivity index (χ3v) is 8.17. The average molecular weight is 583 g/mol. The molecule has 0 N–H and O–H groups in total. The number of rotatable bonds is 8. The predicted molar refractivity (Wildman–Crippen MR) is 192 cm³/mol. The van der Waals surface area contributed by atoms with Gasteiger partial charge in [0.1, 0.15) is 11.2 Å². The van der Waals surface area contributed by atoms with Gasteiger partial charge in [-0.15, -0.1) is 0 Å². The summed E-state index contributed by atoms with van der Waals surface area (Å²) in [4.78, 5) is 0. The van der Waals surface area contributed by atoms with Gasteiger partial charge in [0.25, 0.3) is 0 Å². The largest absolute Gasteiger partial charge is 0.452 e. The molecule has 218 valence electrons. The SMILES string of the molecule is C/C=C/C=C/C(=C\C=C/C=C\CC)c1ccc2c(c1)oc1c2ccc2c3ccc(-c4cccc(-c5ccccc5)c4)cc3oc21. The smallest absolute Gasteiger partial charge is 0.178 e. The molecule has 0 unspecified atom stereocenters. The molecule has 2 nitrogen and oxygen atoms in total. The van der Waals surface area contributed by atoms with E-state index in [1.807, 2.05) is 25.1 Å². The van der Waals surface area contributed by atoms with Gasteiger partial charge in [0.05, 0.1) is 0 Å². The summed E-state index contributed by atoms with van der Waals surface area (Å²) >= 11 is 0. The van der Waals surface area contributed by atoms with Gasteiger partial charge in [-0.05, 0) is 89.2 Å². The molecule has 2 aromatic heterocycles.